The maximum absolute atomic E-state index is 12.8. The molecule has 6 nitrogen and oxygen atoms in total. The molecule has 0 unspecified atom stereocenters. The molecule has 0 saturated heterocycles. The lowest BCUT2D eigenvalue weighted by Crippen LogP contribution is -2.28. The summed E-state index contributed by atoms with van der Waals surface area (Å²) in [6, 6.07) is 19.1. The van der Waals surface area contributed by atoms with Crippen molar-refractivity contribution in [1.82, 2.24) is 9.47 Å². The van der Waals surface area contributed by atoms with Gasteiger partial charge in [-0.15, -0.1) is 11.3 Å². The second-order valence-electron chi connectivity index (χ2n) is 7.84. The molecule has 0 spiro atoms. The summed E-state index contributed by atoms with van der Waals surface area (Å²) in [4.78, 5) is 26.8. The first-order chi connectivity index (χ1) is 15.6. The van der Waals surface area contributed by atoms with E-state index in [2.05, 4.69) is 0 Å². The predicted molar refractivity (Wildman–Crippen MR) is 125 cm³/mol. The molecule has 1 amide bonds. The molecule has 0 aliphatic carbocycles. The van der Waals surface area contributed by atoms with Gasteiger partial charge in [-0.3, -0.25) is 9.36 Å². The summed E-state index contributed by atoms with van der Waals surface area (Å²) >= 11 is 1.64. The fourth-order valence-electron chi connectivity index (χ4n) is 4.11. The van der Waals surface area contributed by atoms with Crippen LogP contribution in [0.5, 0.6) is 5.75 Å². The van der Waals surface area contributed by atoms with E-state index in [9.17, 15) is 14.7 Å². The highest BCUT2D eigenvalue weighted by Gasteiger charge is 2.22. The van der Waals surface area contributed by atoms with Crippen LogP contribution in [0.4, 0.5) is 4.79 Å². The second kappa shape index (κ2) is 8.51. The average Bonchev–Trinajstić information content (AvgIpc) is 2.99. The fourth-order valence-corrected chi connectivity index (χ4v) is 5.36. The molecule has 1 N–H and O–H groups in total. The van der Waals surface area contributed by atoms with Gasteiger partial charge in [0.1, 0.15) is 12.4 Å². The van der Waals surface area contributed by atoms with E-state index in [1.54, 1.807) is 28.2 Å². The number of benzene rings is 2. The van der Waals surface area contributed by atoms with E-state index in [1.165, 1.54) is 16.5 Å². The van der Waals surface area contributed by atoms with Crippen LogP contribution in [0.15, 0.2) is 71.7 Å². The SMILES string of the molecule is O=C(O)N1CCCc2c(sc3ccc(-n4ccc(OCc5ccccc5)cc4=O)cc23)C1. The number of amides is 1. The lowest BCUT2D eigenvalue weighted by Gasteiger charge is -2.15. The van der Waals surface area contributed by atoms with Crippen molar-refractivity contribution in [3.05, 3.63) is 93.2 Å². The number of thiophene rings is 1. The summed E-state index contributed by atoms with van der Waals surface area (Å²) in [6.45, 7) is 1.37. The third kappa shape index (κ3) is 3.99. The lowest BCUT2D eigenvalue weighted by atomic mass is 10.1. The zero-order valence-electron chi connectivity index (χ0n) is 17.4. The number of ether oxygens (including phenoxy) is 1. The summed E-state index contributed by atoms with van der Waals surface area (Å²) < 4.78 is 8.50. The number of fused-ring (bicyclic) bond motifs is 3. The van der Waals surface area contributed by atoms with Crippen molar-refractivity contribution in [3.63, 3.8) is 0 Å². The third-order valence-electron chi connectivity index (χ3n) is 5.74. The topological polar surface area (TPSA) is 71.8 Å². The van der Waals surface area contributed by atoms with Gasteiger partial charge in [0.25, 0.3) is 5.56 Å². The van der Waals surface area contributed by atoms with Gasteiger partial charge in [0.2, 0.25) is 0 Å². The Morgan fingerprint density at radius 2 is 1.94 bits per heavy atom. The van der Waals surface area contributed by atoms with Crippen LogP contribution in [0.25, 0.3) is 15.8 Å². The van der Waals surface area contributed by atoms with E-state index < -0.39 is 6.09 Å². The maximum atomic E-state index is 12.8. The number of carboxylic acid groups (broad SMARTS) is 1. The molecule has 1 aliphatic heterocycles. The van der Waals surface area contributed by atoms with Crippen LogP contribution in [0.3, 0.4) is 0 Å². The number of nitrogens with zero attached hydrogens (tertiary/aromatic N) is 2. The Hall–Kier alpha value is -3.58. The Kier molecular flexibility index (Phi) is 5.41. The molecule has 4 aromatic rings. The van der Waals surface area contributed by atoms with E-state index in [0.717, 1.165) is 39.1 Å². The Morgan fingerprint density at radius 3 is 2.72 bits per heavy atom. The van der Waals surface area contributed by atoms with Gasteiger partial charge in [-0.05, 0) is 53.6 Å². The standard InChI is InChI=1S/C25H22N2O4S/c28-24-14-19(31-16-17-5-2-1-3-6-17)10-12-27(24)18-8-9-22-21(13-18)20-7-4-11-26(25(29)30)15-23(20)32-22/h1-3,5-6,8-10,12-14H,4,7,11,15-16H2,(H,29,30). The van der Waals surface area contributed by atoms with Crippen molar-refractivity contribution in [1.29, 1.82) is 0 Å². The zero-order chi connectivity index (χ0) is 22.1. The van der Waals surface area contributed by atoms with Crippen LogP contribution in [-0.4, -0.2) is 27.2 Å². The van der Waals surface area contributed by atoms with Crippen LogP contribution >= 0.6 is 11.3 Å². The molecule has 0 atom stereocenters. The minimum atomic E-state index is -0.878. The highest BCUT2D eigenvalue weighted by atomic mass is 32.1. The van der Waals surface area contributed by atoms with Gasteiger partial charge in [0.05, 0.1) is 6.54 Å². The van der Waals surface area contributed by atoms with Gasteiger partial charge >= 0.3 is 6.09 Å². The molecule has 0 saturated carbocycles. The molecule has 7 heteroatoms. The molecule has 0 radical (unpaired) electrons. The van der Waals surface area contributed by atoms with Crippen molar-refractivity contribution >= 4 is 27.5 Å². The number of rotatable bonds is 4. The molecule has 162 valence electrons. The molecule has 1 aliphatic rings. The number of hydrogen-bond donors (Lipinski definition) is 1. The van der Waals surface area contributed by atoms with E-state index in [0.29, 0.717) is 25.4 Å². The summed E-state index contributed by atoms with van der Waals surface area (Å²) in [5.41, 5.74) is 2.87. The molecular weight excluding hydrogens is 424 g/mol. The average molecular weight is 447 g/mol. The first-order valence-electron chi connectivity index (χ1n) is 10.5. The van der Waals surface area contributed by atoms with Crippen LogP contribution in [0, 0.1) is 0 Å². The van der Waals surface area contributed by atoms with Crippen molar-refractivity contribution < 1.29 is 14.6 Å². The minimum Gasteiger partial charge on any atom is -0.489 e. The highest BCUT2D eigenvalue weighted by Crippen LogP contribution is 2.36. The number of pyridine rings is 1. The highest BCUT2D eigenvalue weighted by molar-refractivity contribution is 7.19. The van der Waals surface area contributed by atoms with E-state index in [1.807, 2.05) is 48.5 Å². The Morgan fingerprint density at radius 1 is 1.09 bits per heavy atom. The third-order valence-corrected chi connectivity index (χ3v) is 6.93. The predicted octanol–water partition coefficient (Wildman–Crippen LogP) is 5.06. The fraction of sp³-hybridized carbons (Fsp3) is 0.200. The molecule has 2 aromatic carbocycles. The van der Waals surface area contributed by atoms with Crippen LogP contribution in [0.1, 0.15) is 22.4 Å². The van der Waals surface area contributed by atoms with Crippen molar-refractivity contribution in [2.75, 3.05) is 6.54 Å². The van der Waals surface area contributed by atoms with Crippen molar-refractivity contribution in [3.8, 4) is 11.4 Å². The van der Waals surface area contributed by atoms with E-state index in [-0.39, 0.29) is 5.56 Å². The van der Waals surface area contributed by atoms with Gasteiger partial charge < -0.3 is 14.7 Å². The van der Waals surface area contributed by atoms with Crippen LogP contribution in [0.2, 0.25) is 0 Å². The Bertz CT molecular complexity index is 1340. The zero-order valence-corrected chi connectivity index (χ0v) is 18.2. The second-order valence-corrected chi connectivity index (χ2v) is 8.97. The number of carbonyl (C=O) groups is 1. The van der Waals surface area contributed by atoms with E-state index in [4.69, 9.17) is 4.74 Å². The normalized spacial score (nSPS) is 13.6. The molecule has 32 heavy (non-hydrogen) atoms. The van der Waals surface area contributed by atoms with Crippen molar-refractivity contribution in [2.45, 2.75) is 26.0 Å². The van der Waals surface area contributed by atoms with Crippen LogP contribution in [-0.2, 0) is 19.6 Å². The van der Waals surface area contributed by atoms with Gasteiger partial charge in [-0.1, -0.05) is 30.3 Å². The van der Waals surface area contributed by atoms with Crippen molar-refractivity contribution in [2.24, 2.45) is 0 Å². The molecule has 0 fully saturated rings. The number of hydrogen-bond acceptors (Lipinski definition) is 4. The summed E-state index contributed by atoms with van der Waals surface area (Å²) in [6.07, 6.45) is 2.49. The molecule has 3 heterocycles. The Labute approximate surface area is 188 Å². The lowest BCUT2D eigenvalue weighted by molar-refractivity contribution is 0.143. The quantitative estimate of drug-likeness (QED) is 0.476. The molecular formula is C25H22N2O4S. The summed E-state index contributed by atoms with van der Waals surface area (Å²) in [5.74, 6) is 0.536. The minimum absolute atomic E-state index is 0.159. The summed E-state index contributed by atoms with van der Waals surface area (Å²) in [7, 11) is 0. The molecule has 0 bridgehead atoms. The van der Waals surface area contributed by atoms with Gasteiger partial charge in [-0.2, -0.15) is 0 Å². The van der Waals surface area contributed by atoms with E-state index >= 15 is 0 Å². The Balaban J connectivity index is 1.43. The van der Waals surface area contributed by atoms with Gasteiger partial charge in [-0.25, -0.2) is 4.79 Å². The smallest absolute Gasteiger partial charge is 0.407 e. The number of aryl methyl sites for hydroxylation is 1. The molecule has 2 aromatic heterocycles. The van der Waals surface area contributed by atoms with Crippen LogP contribution < -0.4 is 10.3 Å². The molecule has 5 rings (SSSR count). The van der Waals surface area contributed by atoms with Gasteiger partial charge in [0.15, 0.2) is 0 Å². The first-order valence-corrected chi connectivity index (χ1v) is 11.3. The summed E-state index contributed by atoms with van der Waals surface area (Å²) in [5, 5.41) is 10.5. The first kappa shape index (κ1) is 20.3. The monoisotopic (exact) mass is 446 g/mol. The largest absolute Gasteiger partial charge is 0.489 e. The van der Waals surface area contributed by atoms with Gasteiger partial charge in [0, 0.05) is 34.1 Å². The maximum Gasteiger partial charge on any atom is 0.407 e. The number of aromatic nitrogens is 1.